The number of aromatic hydroxyl groups is 1. The van der Waals surface area contributed by atoms with Crippen LogP contribution in [0.5, 0.6) is 5.88 Å². The Labute approximate surface area is 138 Å². The van der Waals surface area contributed by atoms with Gasteiger partial charge in [-0.15, -0.1) is 11.8 Å². The number of aryl methyl sites for hydroxylation is 1. The van der Waals surface area contributed by atoms with E-state index in [2.05, 4.69) is 10.1 Å². The van der Waals surface area contributed by atoms with E-state index in [0.717, 1.165) is 16.6 Å². The van der Waals surface area contributed by atoms with Crippen molar-refractivity contribution in [3.8, 4) is 17.1 Å². The molecular weight excluding hydrogens is 346 g/mol. The van der Waals surface area contributed by atoms with E-state index in [4.69, 9.17) is 0 Å². The highest BCUT2D eigenvalue weighted by Crippen LogP contribution is 2.34. The molecule has 1 aromatic carbocycles. The van der Waals surface area contributed by atoms with Gasteiger partial charge in [0.25, 0.3) is 0 Å². The lowest BCUT2D eigenvalue weighted by Gasteiger charge is -2.07. The Kier molecular flexibility index (Phi) is 3.90. The predicted octanol–water partition coefficient (Wildman–Crippen LogP) is 4.29. The highest BCUT2D eigenvalue weighted by atomic mass is 32.2. The van der Waals surface area contributed by atoms with Crippen LogP contribution in [0.25, 0.3) is 16.9 Å². The lowest BCUT2D eigenvalue weighted by atomic mass is 10.1. The number of aromatic nitrogens is 3. The summed E-state index contributed by atoms with van der Waals surface area (Å²) in [6.45, 7) is 1.71. The lowest BCUT2D eigenvalue weighted by molar-refractivity contribution is -0.137. The van der Waals surface area contributed by atoms with Crippen molar-refractivity contribution < 1.29 is 22.7 Å². The third-order valence-electron chi connectivity index (χ3n) is 3.48. The molecule has 1 N–H and O–H groups in total. The van der Waals surface area contributed by atoms with Gasteiger partial charge in [0, 0.05) is 11.6 Å². The zero-order valence-electron chi connectivity index (χ0n) is 12.5. The normalized spacial score (nSPS) is 12.1. The lowest BCUT2D eigenvalue weighted by Crippen LogP contribution is -2.05. The molecule has 0 spiro atoms. The van der Waals surface area contributed by atoms with Crippen LogP contribution in [0.1, 0.15) is 11.3 Å². The van der Waals surface area contributed by atoms with Gasteiger partial charge in [0.2, 0.25) is 5.88 Å². The summed E-state index contributed by atoms with van der Waals surface area (Å²) >= 11 is 1.28. The number of fused-ring (bicyclic) bond motifs is 1. The number of alkyl halides is 3. The molecule has 24 heavy (non-hydrogen) atoms. The summed E-state index contributed by atoms with van der Waals surface area (Å²) in [6, 6.07) is 3.63. The van der Waals surface area contributed by atoms with Gasteiger partial charge in [-0.25, -0.2) is 9.37 Å². The Bertz CT molecular complexity index is 937. The fourth-order valence-electron chi connectivity index (χ4n) is 2.36. The van der Waals surface area contributed by atoms with Gasteiger partial charge < -0.3 is 5.11 Å². The molecule has 0 saturated carbocycles. The van der Waals surface area contributed by atoms with Crippen molar-refractivity contribution in [2.75, 3.05) is 6.26 Å². The van der Waals surface area contributed by atoms with Crippen LogP contribution in [-0.2, 0) is 6.18 Å². The monoisotopic (exact) mass is 357 g/mol. The Balaban J connectivity index is 2.15. The number of rotatable bonds is 2. The highest BCUT2D eigenvalue weighted by Gasteiger charge is 2.31. The summed E-state index contributed by atoms with van der Waals surface area (Å²) in [5.41, 5.74) is -0.240. The summed E-state index contributed by atoms with van der Waals surface area (Å²) in [5, 5.41) is 14.3. The minimum absolute atomic E-state index is 0.0849. The average Bonchev–Trinajstić information content (AvgIpc) is 2.90. The number of nitrogens with zero attached hydrogens (tertiary/aromatic N) is 3. The van der Waals surface area contributed by atoms with Gasteiger partial charge in [-0.05, 0) is 31.4 Å². The van der Waals surface area contributed by atoms with Crippen LogP contribution in [0, 0.1) is 12.7 Å². The quantitative estimate of drug-likeness (QED) is 0.549. The van der Waals surface area contributed by atoms with Crippen LogP contribution in [0.3, 0.4) is 0 Å². The Hall–Kier alpha value is -2.29. The van der Waals surface area contributed by atoms with E-state index in [9.17, 15) is 22.7 Å². The van der Waals surface area contributed by atoms with Gasteiger partial charge in [0.15, 0.2) is 5.65 Å². The van der Waals surface area contributed by atoms with E-state index in [0.29, 0.717) is 16.7 Å². The molecule has 0 saturated heterocycles. The first-order chi connectivity index (χ1) is 11.2. The first kappa shape index (κ1) is 16.6. The molecule has 126 valence electrons. The fraction of sp³-hybridized carbons (Fsp3) is 0.200. The minimum atomic E-state index is -4.62. The molecule has 0 atom stereocenters. The van der Waals surface area contributed by atoms with Crippen LogP contribution in [-0.4, -0.2) is 26.0 Å². The second kappa shape index (κ2) is 5.66. The molecule has 0 aliphatic heterocycles. The van der Waals surface area contributed by atoms with E-state index in [1.165, 1.54) is 17.8 Å². The number of hydrogen-bond donors (Lipinski definition) is 1. The van der Waals surface area contributed by atoms with Gasteiger partial charge in [0.1, 0.15) is 5.82 Å². The topological polar surface area (TPSA) is 50.4 Å². The Morgan fingerprint density at radius 3 is 2.50 bits per heavy atom. The highest BCUT2D eigenvalue weighted by molar-refractivity contribution is 7.98. The molecule has 0 aliphatic carbocycles. The van der Waals surface area contributed by atoms with E-state index in [1.54, 1.807) is 13.2 Å². The Morgan fingerprint density at radius 1 is 1.21 bits per heavy atom. The molecule has 0 amide bonds. The molecule has 0 unspecified atom stereocenters. The van der Waals surface area contributed by atoms with Gasteiger partial charge in [-0.3, -0.25) is 0 Å². The molecule has 3 aromatic rings. The number of thioether (sulfide) groups is 1. The molecule has 4 nitrogen and oxygen atoms in total. The standard InChI is InChI=1S/C15H11F4N3OS/c1-7-13(24-2)14(23)22-12(20-7)6-11(21-22)9-4-3-8(5-10(9)16)15(17,18)19/h3-6,23H,1-2H3. The van der Waals surface area contributed by atoms with Crippen molar-refractivity contribution >= 4 is 17.4 Å². The average molecular weight is 357 g/mol. The second-order valence-electron chi connectivity index (χ2n) is 5.05. The largest absolute Gasteiger partial charge is 0.492 e. The maximum Gasteiger partial charge on any atom is 0.416 e. The first-order valence-corrected chi connectivity index (χ1v) is 7.95. The summed E-state index contributed by atoms with van der Waals surface area (Å²) in [4.78, 5) is 4.78. The van der Waals surface area contributed by atoms with Gasteiger partial charge in [0.05, 0.1) is 21.8 Å². The van der Waals surface area contributed by atoms with E-state index in [-0.39, 0.29) is 22.8 Å². The molecule has 3 rings (SSSR count). The zero-order chi connectivity index (χ0) is 17.6. The molecular formula is C15H11F4N3OS. The number of halogens is 4. The summed E-state index contributed by atoms with van der Waals surface area (Å²) in [7, 11) is 0. The summed E-state index contributed by atoms with van der Waals surface area (Å²) in [6.07, 6.45) is -2.86. The van der Waals surface area contributed by atoms with Gasteiger partial charge >= 0.3 is 6.18 Å². The van der Waals surface area contributed by atoms with Crippen molar-refractivity contribution in [1.29, 1.82) is 0 Å². The Morgan fingerprint density at radius 2 is 1.92 bits per heavy atom. The van der Waals surface area contributed by atoms with Crippen molar-refractivity contribution in [1.82, 2.24) is 14.6 Å². The van der Waals surface area contributed by atoms with Crippen LogP contribution >= 0.6 is 11.8 Å². The molecule has 0 aliphatic rings. The molecule has 0 radical (unpaired) electrons. The van der Waals surface area contributed by atoms with Crippen molar-refractivity contribution in [3.63, 3.8) is 0 Å². The second-order valence-corrected chi connectivity index (χ2v) is 5.86. The third kappa shape index (κ3) is 2.68. The summed E-state index contributed by atoms with van der Waals surface area (Å²) in [5.74, 6) is -1.20. The van der Waals surface area contributed by atoms with Crippen molar-refractivity contribution in [2.45, 2.75) is 18.0 Å². The molecule has 0 bridgehead atoms. The van der Waals surface area contributed by atoms with Crippen LogP contribution in [0.2, 0.25) is 0 Å². The zero-order valence-corrected chi connectivity index (χ0v) is 13.3. The maximum atomic E-state index is 14.1. The molecule has 2 aromatic heterocycles. The first-order valence-electron chi connectivity index (χ1n) is 6.73. The molecule has 0 fully saturated rings. The van der Waals surface area contributed by atoms with Crippen molar-refractivity contribution in [2.24, 2.45) is 0 Å². The van der Waals surface area contributed by atoms with E-state index >= 15 is 0 Å². The minimum Gasteiger partial charge on any atom is -0.492 e. The van der Waals surface area contributed by atoms with Crippen LogP contribution in [0.15, 0.2) is 29.2 Å². The van der Waals surface area contributed by atoms with Gasteiger partial charge in [-0.1, -0.05) is 0 Å². The number of benzene rings is 1. The fourth-order valence-corrected chi connectivity index (χ4v) is 2.97. The third-order valence-corrected chi connectivity index (χ3v) is 4.37. The molecule has 2 heterocycles. The predicted molar refractivity (Wildman–Crippen MR) is 81.6 cm³/mol. The van der Waals surface area contributed by atoms with Crippen molar-refractivity contribution in [3.05, 3.63) is 41.3 Å². The van der Waals surface area contributed by atoms with E-state index in [1.807, 2.05) is 0 Å². The SMILES string of the molecule is CSc1c(C)nc2cc(-c3ccc(C(F)(F)F)cc3F)nn2c1O. The van der Waals surface area contributed by atoms with Gasteiger partial charge in [-0.2, -0.15) is 22.8 Å². The van der Waals surface area contributed by atoms with Crippen LogP contribution in [0.4, 0.5) is 17.6 Å². The summed E-state index contributed by atoms with van der Waals surface area (Å²) < 4.78 is 53.1. The maximum absolute atomic E-state index is 14.1. The molecule has 9 heteroatoms. The van der Waals surface area contributed by atoms with Crippen LogP contribution < -0.4 is 0 Å². The number of hydrogen-bond acceptors (Lipinski definition) is 4. The van der Waals surface area contributed by atoms with E-state index < -0.39 is 17.6 Å². The smallest absolute Gasteiger partial charge is 0.416 e.